The number of methoxy groups -OCH3 is 1. The molecule has 4 heteroatoms. The fraction of sp³-hybridized carbons (Fsp3) is 0.600. The number of nitrogens with two attached hydrogens (primary N) is 1. The van der Waals surface area contributed by atoms with Gasteiger partial charge in [-0.3, -0.25) is 0 Å². The molecule has 1 aromatic rings. The Balaban J connectivity index is 2.01. The fourth-order valence-corrected chi connectivity index (χ4v) is 2.66. The van der Waals surface area contributed by atoms with Gasteiger partial charge in [0.1, 0.15) is 5.82 Å². The molecule has 2 rings (SSSR count). The summed E-state index contributed by atoms with van der Waals surface area (Å²) in [5.41, 5.74) is 6.28. The second-order valence-corrected chi connectivity index (χ2v) is 5.03. The maximum absolute atomic E-state index is 13.8. The van der Waals surface area contributed by atoms with Crippen molar-refractivity contribution in [2.45, 2.75) is 44.0 Å². The summed E-state index contributed by atoms with van der Waals surface area (Å²) in [6.45, 7) is 0.287. The van der Waals surface area contributed by atoms with Crippen LogP contribution in [0.5, 0.6) is 0 Å². The molecular weight excluding hydrogens is 245 g/mol. The molecule has 0 aliphatic heterocycles. The van der Waals surface area contributed by atoms with E-state index in [0.717, 1.165) is 25.7 Å². The van der Waals surface area contributed by atoms with Gasteiger partial charge in [0, 0.05) is 19.2 Å². The second kappa shape index (κ2) is 6.98. The highest BCUT2D eigenvalue weighted by Crippen LogP contribution is 2.28. The van der Waals surface area contributed by atoms with Gasteiger partial charge in [-0.15, -0.1) is 0 Å². The van der Waals surface area contributed by atoms with E-state index >= 15 is 0 Å². The number of rotatable bonds is 5. The fourth-order valence-electron chi connectivity index (χ4n) is 2.66. The first-order valence-electron chi connectivity index (χ1n) is 6.87. The summed E-state index contributed by atoms with van der Waals surface area (Å²) in [4.78, 5) is 0. The Hall–Kier alpha value is -0.970. The summed E-state index contributed by atoms with van der Waals surface area (Å²) in [7, 11) is 1.73. The topological polar surface area (TPSA) is 44.5 Å². The maximum atomic E-state index is 13.8. The van der Waals surface area contributed by atoms with Gasteiger partial charge in [0.05, 0.1) is 18.3 Å². The Kier molecular flexibility index (Phi) is 5.31. The summed E-state index contributed by atoms with van der Waals surface area (Å²) < 4.78 is 25.1. The third-order valence-corrected chi connectivity index (χ3v) is 3.73. The highest BCUT2D eigenvalue weighted by molar-refractivity contribution is 5.20. The van der Waals surface area contributed by atoms with Crippen LogP contribution in [-0.2, 0) is 9.47 Å². The van der Waals surface area contributed by atoms with Crippen LogP contribution in [0.1, 0.15) is 37.4 Å². The van der Waals surface area contributed by atoms with Crippen molar-refractivity contribution in [1.29, 1.82) is 0 Å². The molecule has 3 unspecified atom stereocenters. The molecule has 1 aliphatic rings. The molecule has 0 saturated heterocycles. The zero-order valence-corrected chi connectivity index (χ0v) is 11.3. The van der Waals surface area contributed by atoms with Crippen LogP contribution in [0.4, 0.5) is 4.39 Å². The van der Waals surface area contributed by atoms with Crippen molar-refractivity contribution in [2.75, 3.05) is 13.7 Å². The monoisotopic (exact) mass is 267 g/mol. The lowest BCUT2D eigenvalue weighted by Crippen LogP contribution is -2.30. The van der Waals surface area contributed by atoms with E-state index < -0.39 is 0 Å². The van der Waals surface area contributed by atoms with Crippen LogP contribution in [0.2, 0.25) is 0 Å². The lowest BCUT2D eigenvalue weighted by atomic mass is 9.94. The van der Waals surface area contributed by atoms with Crippen molar-refractivity contribution in [1.82, 2.24) is 0 Å². The Bertz CT molecular complexity index is 399. The lowest BCUT2D eigenvalue weighted by molar-refractivity contribution is -0.0641. The van der Waals surface area contributed by atoms with Crippen LogP contribution < -0.4 is 5.73 Å². The highest BCUT2D eigenvalue weighted by atomic mass is 19.1. The predicted octanol–water partition coefficient (Wildman–Crippen LogP) is 2.80. The lowest BCUT2D eigenvalue weighted by Gasteiger charge is -2.31. The summed E-state index contributed by atoms with van der Waals surface area (Å²) >= 11 is 0. The summed E-state index contributed by atoms with van der Waals surface area (Å²) in [5.74, 6) is -0.253. The molecule has 0 aromatic heterocycles. The molecule has 3 atom stereocenters. The van der Waals surface area contributed by atoms with E-state index in [1.165, 1.54) is 6.07 Å². The van der Waals surface area contributed by atoms with Crippen molar-refractivity contribution >= 4 is 0 Å². The molecule has 106 valence electrons. The minimum Gasteiger partial charge on any atom is -0.381 e. The number of halogens is 1. The first kappa shape index (κ1) is 14.4. The Morgan fingerprint density at radius 3 is 2.74 bits per heavy atom. The molecule has 0 amide bonds. The third-order valence-electron chi connectivity index (χ3n) is 3.73. The van der Waals surface area contributed by atoms with E-state index in [1.807, 2.05) is 6.07 Å². The molecule has 0 spiro atoms. The molecule has 0 radical (unpaired) electrons. The van der Waals surface area contributed by atoms with Crippen LogP contribution in [0.25, 0.3) is 0 Å². The van der Waals surface area contributed by atoms with Gasteiger partial charge in [0.25, 0.3) is 0 Å². The predicted molar refractivity (Wildman–Crippen MR) is 72.3 cm³/mol. The van der Waals surface area contributed by atoms with Gasteiger partial charge in [-0.1, -0.05) is 18.2 Å². The average molecular weight is 267 g/mol. The van der Waals surface area contributed by atoms with Crippen molar-refractivity contribution in [3.63, 3.8) is 0 Å². The van der Waals surface area contributed by atoms with Crippen LogP contribution in [0, 0.1) is 5.82 Å². The molecule has 19 heavy (non-hydrogen) atoms. The maximum Gasteiger partial charge on any atom is 0.129 e. The van der Waals surface area contributed by atoms with Crippen molar-refractivity contribution in [2.24, 2.45) is 5.73 Å². The molecule has 0 bridgehead atoms. The SMILES string of the molecule is COC1CCCC(OC(CN)c2ccccc2F)C1. The minimum atomic E-state index is -0.373. The summed E-state index contributed by atoms with van der Waals surface area (Å²) in [5, 5.41) is 0. The molecule has 1 saturated carbocycles. The molecule has 1 aliphatic carbocycles. The van der Waals surface area contributed by atoms with Crippen LogP contribution in [0.3, 0.4) is 0 Å². The normalized spacial score (nSPS) is 25.2. The summed E-state index contributed by atoms with van der Waals surface area (Å²) in [6.07, 6.45) is 3.99. The zero-order chi connectivity index (χ0) is 13.7. The number of benzene rings is 1. The molecule has 3 nitrogen and oxygen atoms in total. The van der Waals surface area contributed by atoms with E-state index in [-0.39, 0.29) is 30.7 Å². The van der Waals surface area contributed by atoms with Gasteiger partial charge in [-0.25, -0.2) is 4.39 Å². The van der Waals surface area contributed by atoms with E-state index in [0.29, 0.717) is 5.56 Å². The Morgan fingerprint density at radius 2 is 2.05 bits per heavy atom. The molecule has 0 heterocycles. The number of hydrogen-bond donors (Lipinski definition) is 1. The summed E-state index contributed by atoms with van der Waals surface area (Å²) in [6, 6.07) is 6.67. The molecule has 1 aromatic carbocycles. The Labute approximate surface area is 113 Å². The number of hydrogen-bond acceptors (Lipinski definition) is 3. The van der Waals surface area contributed by atoms with Gasteiger partial charge in [0.2, 0.25) is 0 Å². The first-order chi connectivity index (χ1) is 9.24. The van der Waals surface area contributed by atoms with Crippen molar-refractivity contribution in [3.05, 3.63) is 35.6 Å². The van der Waals surface area contributed by atoms with Gasteiger partial charge >= 0.3 is 0 Å². The smallest absolute Gasteiger partial charge is 0.129 e. The van der Waals surface area contributed by atoms with E-state index in [9.17, 15) is 4.39 Å². The quantitative estimate of drug-likeness (QED) is 0.892. The van der Waals surface area contributed by atoms with E-state index in [4.69, 9.17) is 15.2 Å². The zero-order valence-electron chi connectivity index (χ0n) is 11.3. The van der Waals surface area contributed by atoms with E-state index in [1.54, 1.807) is 19.2 Å². The van der Waals surface area contributed by atoms with Gasteiger partial charge < -0.3 is 15.2 Å². The van der Waals surface area contributed by atoms with Crippen molar-refractivity contribution in [3.8, 4) is 0 Å². The van der Waals surface area contributed by atoms with Gasteiger partial charge in [-0.05, 0) is 31.7 Å². The van der Waals surface area contributed by atoms with Crippen LogP contribution >= 0.6 is 0 Å². The van der Waals surface area contributed by atoms with Crippen molar-refractivity contribution < 1.29 is 13.9 Å². The minimum absolute atomic E-state index is 0.104. The second-order valence-electron chi connectivity index (χ2n) is 5.03. The first-order valence-corrected chi connectivity index (χ1v) is 6.87. The molecule has 1 fully saturated rings. The Morgan fingerprint density at radius 1 is 1.32 bits per heavy atom. The van der Waals surface area contributed by atoms with Crippen LogP contribution in [-0.4, -0.2) is 25.9 Å². The van der Waals surface area contributed by atoms with E-state index in [2.05, 4.69) is 0 Å². The van der Waals surface area contributed by atoms with Gasteiger partial charge in [-0.2, -0.15) is 0 Å². The average Bonchev–Trinajstić information content (AvgIpc) is 2.46. The van der Waals surface area contributed by atoms with Crippen LogP contribution in [0.15, 0.2) is 24.3 Å². The third kappa shape index (κ3) is 3.75. The molecular formula is C15H22FNO2. The standard InChI is InChI=1S/C15H22FNO2/c1-18-11-5-4-6-12(9-11)19-15(10-17)13-7-2-3-8-14(13)16/h2-3,7-8,11-12,15H,4-6,9-10,17H2,1H3. The number of ether oxygens (including phenoxy) is 2. The largest absolute Gasteiger partial charge is 0.381 e. The highest BCUT2D eigenvalue weighted by Gasteiger charge is 2.26. The molecule has 2 N–H and O–H groups in total. The van der Waals surface area contributed by atoms with Gasteiger partial charge in [0.15, 0.2) is 0 Å².